The fourth-order valence-electron chi connectivity index (χ4n) is 4.13. The second-order valence-corrected chi connectivity index (χ2v) is 10.1. The number of alkyl halides is 3. The lowest BCUT2D eigenvalue weighted by Crippen LogP contribution is -2.36. The molecule has 10 heteroatoms. The van der Waals surface area contributed by atoms with E-state index in [9.17, 15) is 18.0 Å². The number of hydrogen-bond donors (Lipinski definition) is 0. The first kappa shape index (κ1) is 27.8. The molecule has 2 aromatic rings. The van der Waals surface area contributed by atoms with Gasteiger partial charge in [-0.25, -0.2) is 4.79 Å². The molecule has 7 nitrogen and oxygen atoms in total. The van der Waals surface area contributed by atoms with Crippen molar-refractivity contribution in [3.63, 3.8) is 0 Å². The van der Waals surface area contributed by atoms with Gasteiger partial charge < -0.3 is 14.0 Å². The molecule has 1 fully saturated rings. The molecule has 200 valence electrons. The van der Waals surface area contributed by atoms with Crippen LogP contribution < -0.4 is 4.74 Å². The molecule has 1 aromatic carbocycles. The van der Waals surface area contributed by atoms with Crippen molar-refractivity contribution >= 4 is 6.09 Å². The van der Waals surface area contributed by atoms with Gasteiger partial charge in [-0.05, 0) is 58.2 Å². The van der Waals surface area contributed by atoms with E-state index in [1.54, 1.807) is 20.8 Å². The third-order valence-corrected chi connectivity index (χ3v) is 5.91. The van der Waals surface area contributed by atoms with Crippen molar-refractivity contribution in [1.82, 2.24) is 15.0 Å². The van der Waals surface area contributed by atoms with Crippen LogP contribution in [-0.2, 0) is 10.9 Å². The van der Waals surface area contributed by atoms with Crippen LogP contribution in [0.1, 0.15) is 96.6 Å². The monoisotopic (exact) mass is 511 g/mol. The molecule has 0 N–H and O–H groups in total. The highest BCUT2D eigenvalue weighted by Gasteiger charge is 2.38. The van der Waals surface area contributed by atoms with Gasteiger partial charge in [0.15, 0.2) is 0 Å². The molecule has 1 amide bonds. The highest BCUT2D eigenvalue weighted by molar-refractivity contribution is 5.69. The van der Waals surface area contributed by atoms with Crippen LogP contribution in [0.15, 0.2) is 22.7 Å². The largest absolute Gasteiger partial charge is 0.493 e. The maximum absolute atomic E-state index is 13.8. The third-order valence-electron chi connectivity index (χ3n) is 5.91. The number of hydrogen-bond acceptors (Lipinski definition) is 6. The van der Waals surface area contributed by atoms with Crippen LogP contribution in [0, 0.1) is 0 Å². The van der Waals surface area contributed by atoms with Gasteiger partial charge >= 0.3 is 12.3 Å². The van der Waals surface area contributed by atoms with E-state index < -0.39 is 29.5 Å². The fraction of sp³-hybridized carbons (Fsp3) is 0.654. The van der Waals surface area contributed by atoms with E-state index in [0.29, 0.717) is 19.4 Å². The lowest BCUT2D eigenvalue weighted by molar-refractivity contribution is -0.138. The van der Waals surface area contributed by atoms with E-state index in [-0.39, 0.29) is 29.6 Å². The Bertz CT molecular complexity index is 1000. The maximum Gasteiger partial charge on any atom is 0.419 e. The zero-order valence-electron chi connectivity index (χ0n) is 21.5. The topological polar surface area (TPSA) is 77.7 Å². The van der Waals surface area contributed by atoms with Crippen molar-refractivity contribution in [3.05, 3.63) is 29.7 Å². The van der Waals surface area contributed by atoms with Gasteiger partial charge in [0.05, 0.1) is 12.2 Å². The van der Waals surface area contributed by atoms with Gasteiger partial charge in [0.25, 0.3) is 0 Å². The zero-order chi connectivity index (χ0) is 26.3. The van der Waals surface area contributed by atoms with E-state index >= 15 is 0 Å². The number of aromatic nitrogens is 2. The van der Waals surface area contributed by atoms with Crippen molar-refractivity contribution in [2.75, 3.05) is 13.2 Å². The summed E-state index contributed by atoms with van der Waals surface area (Å²) in [6.45, 7) is 8.16. The summed E-state index contributed by atoms with van der Waals surface area (Å²) in [5.41, 5.74) is -1.38. The molecular formula is C26H36F3N3O4. The molecule has 0 spiro atoms. The smallest absolute Gasteiger partial charge is 0.419 e. The minimum atomic E-state index is -4.60. The minimum absolute atomic E-state index is 0.0222. The van der Waals surface area contributed by atoms with Crippen LogP contribution in [0.3, 0.4) is 0 Å². The summed E-state index contributed by atoms with van der Waals surface area (Å²) in [5.74, 6) is -0.0187. The second-order valence-electron chi connectivity index (χ2n) is 10.1. The molecule has 36 heavy (non-hydrogen) atoms. The number of carbonyl (C=O) groups excluding carboxylic acids is 1. The summed E-state index contributed by atoms with van der Waals surface area (Å²) in [6, 6.07) is 3.28. The number of benzene rings is 1. The summed E-state index contributed by atoms with van der Waals surface area (Å²) in [4.78, 5) is 18.4. The predicted octanol–water partition coefficient (Wildman–Crippen LogP) is 7.57. The number of carbonyl (C=O) groups is 1. The molecule has 1 saturated heterocycles. The molecule has 0 radical (unpaired) electrons. The van der Waals surface area contributed by atoms with Crippen molar-refractivity contribution < 1.29 is 32.0 Å². The number of likely N-dealkylation sites (tertiary alicyclic amines) is 1. The highest BCUT2D eigenvalue weighted by atomic mass is 19.4. The lowest BCUT2D eigenvalue weighted by atomic mass is 10.1. The Kier molecular flexibility index (Phi) is 9.24. The Morgan fingerprint density at radius 2 is 1.86 bits per heavy atom. The van der Waals surface area contributed by atoms with E-state index in [2.05, 4.69) is 17.1 Å². The molecule has 2 heterocycles. The molecular weight excluding hydrogens is 475 g/mol. The standard InChI is InChI=1S/C26H36F3N3O4/c1-5-6-7-8-9-10-16-34-21-14-13-18(17-19(21)26(27,28)29)22-30-23(36-31-22)20-12-11-15-32(20)24(33)35-25(2,3)4/h13-14,17,20H,5-12,15-16H2,1-4H3/t20-/m0/s1. The number of nitrogens with zero attached hydrogens (tertiary/aromatic N) is 3. The van der Waals surface area contributed by atoms with Gasteiger partial charge in [-0.3, -0.25) is 4.90 Å². The molecule has 1 aliphatic rings. The summed E-state index contributed by atoms with van der Waals surface area (Å²) < 4.78 is 57.7. The number of unbranched alkanes of at least 4 members (excludes halogenated alkanes) is 5. The number of ether oxygens (including phenoxy) is 2. The Hall–Kier alpha value is -2.78. The number of amides is 1. The first-order valence-corrected chi connectivity index (χ1v) is 12.7. The normalized spacial score (nSPS) is 16.4. The van der Waals surface area contributed by atoms with Crippen LogP contribution in [0.4, 0.5) is 18.0 Å². The van der Waals surface area contributed by atoms with Gasteiger partial charge in [0.1, 0.15) is 17.4 Å². The zero-order valence-corrected chi connectivity index (χ0v) is 21.5. The van der Waals surface area contributed by atoms with Crippen molar-refractivity contribution in [1.29, 1.82) is 0 Å². The highest BCUT2D eigenvalue weighted by Crippen LogP contribution is 2.39. The summed E-state index contributed by atoms with van der Waals surface area (Å²) in [5, 5.41) is 3.89. The summed E-state index contributed by atoms with van der Waals surface area (Å²) in [6.07, 6.45) is 2.34. The minimum Gasteiger partial charge on any atom is -0.493 e. The SMILES string of the molecule is CCCCCCCCOc1ccc(-c2noc([C@@H]3CCCN3C(=O)OC(C)(C)C)n2)cc1C(F)(F)F. The second kappa shape index (κ2) is 12.0. The van der Waals surface area contributed by atoms with Crippen LogP contribution in [0.2, 0.25) is 0 Å². The van der Waals surface area contributed by atoms with Gasteiger partial charge in [0, 0.05) is 12.1 Å². The van der Waals surface area contributed by atoms with Crippen molar-refractivity contribution in [3.8, 4) is 17.1 Å². The van der Waals surface area contributed by atoms with E-state index in [0.717, 1.165) is 44.6 Å². The van der Waals surface area contributed by atoms with Gasteiger partial charge in [-0.1, -0.05) is 44.2 Å². The first-order valence-electron chi connectivity index (χ1n) is 12.7. The Morgan fingerprint density at radius 3 is 2.56 bits per heavy atom. The van der Waals surface area contributed by atoms with E-state index in [4.69, 9.17) is 14.0 Å². The molecule has 1 aliphatic heterocycles. The first-order chi connectivity index (χ1) is 17.0. The average Bonchev–Trinajstić information content (AvgIpc) is 3.46. The van der Waals surface area contributed by atoms with Crippen LogP contribution in [-0.4, -0.2) is 39.9 Å². The Labute approximate surface area is 210 Å². The summed E-state index contributed by atoms with van der Waals surface area (Å²) in [7, 11) is 0. The average molecular weight is 512 g/mol. The fourth-order valence-corrected chi connectivity index (χ4v) is 4.13. The number of halogens is 3. The number of rotatable bonds is 10. The Morgan fingerprint density at radius 1 is 1.14 bits per heavy atom. The Balaban J connectivity index is 1.71. The van der Waals surface area contributed by atoms with Gasteiger partial charge in [-0.2, -0.15) is 18.2 Å². The van der Waals surface area contributed by atoms with Crippen LogP contribution >= 0.6 is 0 Å². The molecule has 0 unspecified atom stereocenters. The van der Waals surface area contributed by atoms with Gasteiger partial charge in [0.2, 0.25) is 11.7 Å². The molecule has 1 aromatic heterocycles. The third kappa shape index (κ3) is 7.61. The molecule has 3 rings (SSSR count). The predicted molar refractivity (Wildman–Crippen MR) is 129 cm³/mol. The molecule has 0 bridgehead atoms. The quantitative estimate of drug-likeness (QED) is 0.306. The molecule has 0 aliphatic carbocycles. The van der Waals surface area contributed by atoms with Crippen molar-refractivity contribution in [2.45, 2.75) is 96.9 Å². The maximum atomic E-state index is 13.8. The molecule has 0 saturated carbocycles. The van der Waals surface area contributed by atoms with Crippen molar-refractivity contribution in [2.24, 2.45) is 0 Å². The van der Waals surface area contributed by atoms with Crippen LogP contribution in [0.25, 0.3) is 11.4 Å². The molecule has 1 atom stereocenters. The van der Waals surface area contributed by atoms with E-state index in [1.165, 1.54) is 17.0 Å². The van der Waals surface area contributed by atoms with Gasteiger partial charge in [-0.15, -0.1) is 0 Å². The lowest BCUT2D eigenvalue weighted by Gasteiger charge is -2.26. The summed E-state index contributed by atoms with van der Waals surface area (Å²) >= 11 is 0. The van der Waals surface area contributed by atoms with Crippen LogP contribution in [0.5, 0.6) is 5.75 Å². The van der Waals surface area contributed by atoms with E-state index in [1.807, 2.05) is 0 Å².